The summed E-state index contributed by atoms with van der Waals surface area (Å²) in [4.78, 5) is 8.47. The molecule has 2 aromatic rings. The summed E-state index contributed by atoms with van der Waals surface area (Å²) in [7, 11) is 0. The number of hydrogen-bond donors (Lipinski definition) is 0. The van der Waals surface area contributed by atoms with Gasteiger partial charge >= 0.3 is 0 Å². The fourth-order valence-electron chi connectivity index (χ4n) is 1.25. The third-order valence-corrected chi connectivity index (χ3v) is 1.84. The van der Waals surface area contributed by atoms with E-state index in [9.17, 15) is 0 Å². The van der Waals surface area contributed by atoms with Crippen molar-refractivity contribution < 1.29 is 32.7 Å². The van der Waals surface area contributed by atoms with Gasteiger partial charge < -0.3 is 4.98 Å². The first-order valence-electron chi connectivity index (χ1n) is 3.91. The molecular weight excluding hydrogens is 237 g/mol. The molecule has 0 aliphatic rings. The molecule has 0 N–H and O–H groups in total. The smallest absolute Gasteiger partial charge is 0.0433 e. The van der Waals surface area contributed by atoms with Gasteiger partial charge in [-0.3, -0.25) is 4.98 Å². The largest absolute Gasteiger partial charge is 0.317 e. The second kappa shape index (κ2) is 4.68. The summed E-state index contributed by atoms with van der Waals surface area (Å²) in [6, 6.07) is 6.00. The Balaban J connectivity index is 0.000000845. The van der Waals surface area contributed by atoms with Crippen molar-refractivity contribution in [3.63, 3.8) is 0 Å². The van der Waals surface area contributed by atoms with Gasteiger partial charge in [0.15, 0.2) is 0 Å². The minimum Gasteiger partial charge on any atom is -0.317 e. The van der Waals surface area contributed by atoms with Gasteiger partial charge in [0.05, 0.1) is 0 Å². The van der Waals surface area contributed by atoms with Gasteiger partial charge in [0.2, 0.25) is 0 Å². The fraction of sp³-hybridized carbons (Fsp3) is 0.100. The summed E-state index contributed by atoms with van der Waals surface area (Å²) in [5, 5.41) is 0. The zero-order valence-corrected chi connectivity index (χ0v) is 10.3. The molecule has 1 aromatic carbocycles. The molecule has 13 heavy (non-hydrogen) atoms. The van der Waals surface area contributed by atoms with Crippen molar-refractivity contribution in [2.45, 2.75) is 6.92 Å². The Hall–Kier alpha value is -0.466. The Morgan fingerprint density at radius 1 is 1.15 bits per heavy atom. The molecule has 0 saturated carbocycles. The van der Waals surface area contributed by atoms with E-state index in [0.717, 1.165) is 16.6 Å². The van der Waals surface area contributed by atoms with Gasteiger partial charge in [-0.25, -0.2) is 0 Å². The summed E-state index contributed by atoms with van der Waals surface area (Å²) < 4.78 is 0. The quantitative estimate of drug-likeness (QED) is 0.721. The van der Waals surface area contributed by atoms with Gasteiger partial charge in [-0.05, 0) is 5.52 Å². The standard InChI is InChI=1S/C10H9N2.Y/c1-2-8-4-3-5-9-10(8)12-7-6-11-9;/h2-7H,1H3;/q-1;. The van der Waals surface area contributed by atoms with Crippen molar-refractivity contribution in [2.75, 3.05) is 0 Å². The van der Waals surface area contributed by atoms with E-state index in [1.807, 2.05) is 31.5 Å². The van der Waals surface area contributed by atoms with Crippen molar-refractivity contribution in [3.05, 3.63) is 42.6 Å². The molecule has 63 valence electrons. The number of benzene rings is 1. The van der Waals surface area contributed by atoms with Crippen LogP contribution in [0.4, 0.5) is 0 Å². The third kappa shape index (κ3) is 2.06. The molecule has 1 radical (unpaired) electrons. The average Bonchev–Trinajstić information content (AvgIpc) is 2.17. The fourth-order valence-corrected chi connectivity index (χ4v) is 1.25. The minimum atomic E-state index is 0. The summed E-state index contributed by atoms with van der Waals surface area (Å²) in [5.74, 6) is 0. The van der Waals surface area contributed by atoms with Crippen LogP contribution in [0.15, 0.2) is 30.6 Å². The zero-order chi connectivity index (χ0) is 8.39. The van der Waals surface area contributed by atoms with Crippen LogP contribution in [0.1, 0.15) is 12.5 Å². The van der Waals surface area contributed by atoms with Crippen LogP contribution < -0.4 is 0 Å². The van der Waals surface area contributed by atoms with Crippen molar-refractivity contribution in [1.82, 2.24) is 9.97 Å². The number of fused-ring (bicyclic) bond motifs is 1. The Morgan fingerprint density at radius 3 is 2.69 bits per heavy atom. The number of rotatable bonds is 1. The van der Waals surface area contributed by atoms with Gasteiger partial charge in [0.25, 0.3) is 0 Å². The molecule has 0 fully saturated rings. The van der Waals surface area contributed by atoms with Crippen LogP contribution in [-0.2, 0) is 32.7 Å². The monoisotopic (exact) mass is 246 g/mol. The summed E-state index contributed by atoms with van der Waals surface area (Å²) >= 11 is 0. The van der Waals surface area contributed by atoms with Crippen molar-refractivity contribution in [2.24, 2.45) is 0 Å². The van der Waals surface area contributed by atoms with E-state index in [-0.39, 0.29) is 32.7 Å². The molecule has 1 aromatic heterocycles. The maximum Gasteiger partial charge on any atom is 0.0433 e. The van der Waals surface area contributed by atoms with Crippen molar-refractivity contribution in [3.8, 4) is 0 Å². The Bertz CT molecular complexity index is 396. The van der Waals surface area contributed by atoms with Crippen LogP contribution in [0.25, 0.3) is 11.0 Å². The molecule has 0 unspecified atom stereocenters. The predicted octanol–water partition coefficient (Wildman–Crippen LogP) is 2.20. The molecule has 0 atom stereocenters. The van der Waals surface area contributed by atoms with Gasteiger partial charge in [-0.2, -0.15) is 18.1 Å². The molecule has 0 bridgehead atoms. The molecular formula is C10H9N2Y-. The topological polar surface area (TPSA) is 25.8 Å². The van der Waals surface area contributed by atoms with Crippen LogP contribution in [0, 0.1) is 6.42 Å². The summed E-state index contributed by atoms with van der Waals surface area (Å²) in [6.07, 6.45) is 5.47. The third-order valence-electron chi connectivity index (χ3n) is 1.84. The number of para-hydroxylation sites is 1. The van der Waals surface area contributed by atoms with E-state index in [1.165, 1.54) is 0 Å². The molecule has 0 spiro atoms. The average molecular weight is 246 g/mol. The zero-order valence-electron chi connectivity index (χ0n) is 7.44. The molecule has 2 rings (SSSR count). The van der Waals surface area contributed by atoms with E-state index in [4.69, 9.17) is 0 Å². The van der Waals surface area contributed by atoms with Crippen molar-refractivity contribution >= 4 is 11.0 Å². The van der Waals surface area contributed by atoms with Gasteiger partial charge in [0.1, 0.15) is 0 Å². The summed E-state index contributed by atoms with van der Waals surface area (Å²) in [5.41, 5.74) is 3.07. The van der Waals surface area contributed by atoms with E-state index in [0.29, 0.717) is 0 Å². The molecule has 0 aliphatic heterocycles. The van der Waals surface area contributed by atoms with E-state index in [1.54, 1.807) is 12.4 Å². The SMILES string of the molecule is C[CH-]c1cccc2nccnc12.[Y]. The van der Waals surface area contributed by atoms with Crippen LogP contribution in [0.5, 0.6) is 0 Å². The van der Waals surface area contributed by atoms with E-state index < -0.39 is 0 Å². The molecule has 0 aliphatic carbocycles. The van der Waals surface area contributed by atoms with E-state index in [2.05, 4.69) is 9.97 Å². The number of hydrogen-bond acceptors (Lipinski definition) is 2. The van der Waals surface area contributed by atoms with Crippen LogP contribution in [-0.4, -0.2) is 9.97 Å². The first kappa shape index (κ1) is 10.6. The van der Waals surface area contributed by atoms with Crippen LogP contribution in [0.3, 0.4) is 0 Å². The second-order valence-electron chi connectivity index (χ2n) is 2.56. The number of nitrogens with zero attached hydrogens (tertiary/aromatic N) is 2. The van der Waals surface area contributed by atoms with Crippen LogP contribution >= 0.6 is 0 Å². The molecule has 0 saturated heterocycles. The van der Waals surface area contributed by atoms with Crippen molar-refractivity contribution in [1.29, 1.82) is 0 Å². The van der Waals surface area contributed by atoms with Gasteiger partial charge in [-0.1, -0.05) is 13.0 Å². The molecule has 2 nitrogen and oxygen atoms in total. The minimum absolute atomic E-state index is 0. The Kier molecular flexibility index (Phi) is 3.82. The maximum absolute atomic E-state index is 4.26. The van der Waals surface area contributed by atoms with E-state index >= 15 is 0 Å². The maximum atomic E-state index is 4.26. The van der Waals surface area contributed by atoms with Gasteiger partial charge in [-0.15, -0.1) is 6.07 Å². The number of aromatic nitrogens is 2. The molecule has 1 heterocycles. The predicted molar refractivity (Wildman–Crippen MR) is 48.6 cm³/mol. The molecule has 3 heteroatoms. The van der Waals surface area contributed by atoms with Gasteiger partial charge in [0, 0.05) is 50.6 Å². The first-order valence-corrected chi connectivity index (χ1v) is 3.91. The van der Waals surface area contributed by atoms with Crippen LogP contribution in [0.2, 0.25) is 0 Å². The Morgan fingerprint density at radius 2 is 1.92 bits per heavy atom. The first-order chi connectivity index (χ1) is 5.92. The second-order valence-corrected chi connectivity index (χ2v) is 2.56. The molecule has 0 amide bonds. The normalized spacial score (nSPS) is 9.31. The summed E-state index contributed by atoms with van der Waals surface area (Å²) in [6.45, 7) is 2.00. The Labute approximate surface area is 103 Å².